The van der Waals surface area contributed by atoms with Crippen LogP contribution in [0.1, 0.15) is 34.8 Å². The summed E-state index contributed by atoms with van der Waals surface area (Å²) < 4.78 is 10.9. The molecule has 1 aliphatic rings. The Bertz CT molecular complexity index is 718. The minimum atomic E-state index is -0.343. The molecular formula is C16H17NO3S. The van der Waals surface area contributed by atoms with Gasteiger partial charge in [-0.25, -0.2) is 9.78 Å². The zero-order valence-corrected chi connectivity index (χ0v) is 13.3. The standard InChI is InChI=1S/C16H17NO3S/c1-9-13(15(18)19-4)21-14(17-9)11-7-5-6-10-8-16(2,3)20-12(10)11/h5-7H,8H2,1-4H3. The van der Waals surface area contributed by atoms with Crippen molar-refractivity contribution in [2.24, 2.45) is 0 Å². The molecule has 1 aromatic carbocycles. The summed E-state index contributed by atoms with van der Waals surface area (Å²) in [5.41, 5.74) is 2.62. The Hall–Kier alpha value is -1.88. The molecule has 1 aliphatic heterocycles. The summed E-state index contributed by atoms with van der Waals surface area (Å²) in [6, 6.07) is 6.07. The normalized spacial score (nSPS) is 15.4. The Labute approximate surface area is 127 Å². The monoisotopic (exact) mass is 303 g/mol. The largest absolute Gasteiger partial charge is 0.486 e. The molecule has 110 valence electrons. The third-order valence-corrected chi connectivity index (χ3v) is 4.66. The van der Waals surface area contributed by atoms with Crippen LogP contribution in [0.15, 0.2) is 18.2 Å². The van der Waals surface area contributed by atoms with Gasteiger partial charge in [0.2, 0.25) is 0 Å². The van der Waals surface area contributed by atoms with Crippen molar-refractivity contribution in [2.45, 2.75) is 32.8 Å². The molecule has 2 aromatic rings. The van der Waals surface area contributed by atoms with Gasteiger partial charge in [0.1, 0.15) is 21.2 Å². The summed E-state index contributed by atoms with van der Waals surface area (Å²) in [6.45, 7) is 5.97. The predicted octanol–water partition coefficient (Wildman–Crippen LogP) is 3.62. The summed E-state index contributed by atoms with van der Waals surface area (Å²) >= 11 is 1.35. The summed E-state index contributed by atoms with van der Waals surface area (Å²) in [5, 5.41) is 0.794. The lowest BCUT2D eigenvalue weighted by Gasteiger charge is -2.17. The Balaban J connectivity index is 2.08. The third-order valence-electron chi connectivity index (χ3n) is 3.49. The third kappa shape index (κ3) is 2.42. The average molecular weight is 303 g/mol. The van der Waals surface area contributed by atoms with E-state index in [-0.39, 0.29) is 11.6 Å². The van der Waals surface area contributed by atoms with E-state index in [1.807, 2.05) is 19.1 Å². The second-order valence-corrected chi connectivity index (χ2v) is 6.76. The van der Waals surface area contributed by atoms with E-state index in [2.05, 4.69) is 24.9 Å². The number of aromatic nitrogens is 1. The van der Waals surface area contributed by atoms with Crippen LogP contribution in [0.25, 0.3) is 10.6 Å². The minimum absolute atomic E-state index is 0.198. The summed E-state index contributed by atoms with van der Waals surface area (Å²) in [7, 11) is 1.38. The number of esters is 1. The van der Waals surface area contributed by atoms with Crippen molar-refractivity contribution in [3.8, 4) is 16.3 Å². The molecule has 0 N–H and O–H groups in total. The van der Waals surface area contributed by atoms with Crippen LogP contribution in [0.5, 0.6) is 5.75 Å². The first kappa shape index (κ1) is 14.1. The zero-order valence-electron chi connectivity index (χ0n) is 12.5. The van der Waals surface area contributed by atoms with Gasteiger partial charge in [-0.15, -0.1) is 11.3 Å². The van der Waals surface area contributed by atoms with Crippen LogP contribution in [-0.4, -0.2) is 23.7 Å². The van der Waals surface area contributed by atoms with Gasteiger partial charge < -0.3 is 9.47 Å². The summed E-state index contributed by atoms with van der Waals surface area (Å²) in [6.07, 6.45) is 0.879. The number of methoxy groups -OCH3 is 1. The lowest BCUT2D eigenvalue weighted by molar-refractivity contribution is 0.0605. The number of carbonyl (C=O) groups is 1. The molecule has 5 heteroatoms. The highest BCUT2D eigenvalue weighted by Crippen LogP contribution is 2.43. The van der Waals surface area contributed by atoms with E-state index in [4.69, 9.17) is 9.47 Å². The van der Waals surface area contributed by atoms with Crippen molar-refractivity contribution in [2.75, 3.05) is 7.11 Å². The first-order valence-electron chi connectivity index (χ1n) is 6.78. The molecule has 2 heterocycles. The Morgan fingerprint density at radius 1 is 1.43 bits per heavy atom. The Morgan fingerprint density at radius 3 is 2.90 bits per heavy atom. The van der Waals surface area contributed by atoms with E-state index in [0.717, 1.165) is 22.7 Å². The number of fused-ring (bicyclic) bond motifs is 1. The molecule has 4 nitrogen and oxygen atoms in total. The van der Waals surface area contributed by atoms with E-state index in [9.17, 15) is 4.79 Å². The number of para-hydroxylation sites is 1. The molecule has 21 heavy (non-hydrogen) atoms. The van der Waals surface area contributed by atoms with Gasteiger partial charge in [-0.2, -0.15) is 0 Å². The van der Waals surface area contributed by atoms with Crippen LogP contribution in [0, 0.1) is 6.92 Å². The summed E-state index contributed by atoms with van der Waals surface area (Å²) in [4.78, 5) is 16.8. The number of ether oxygens (including phenoxy) is 2. The fourth-order valence-corrected chi connectivity index (χ4v) is 3.58. The maximum Gasteiger partial charge on any atom is 0.349 e. The van der Waals surface area contributed by atoms with Gasteiger partial charge >= 0.3 is 5.97 Å². The van der Waals surface area contributed by atoms with Gasteiger partial charge in [0, 0.05) is 6.42 Å². The van der Waals surface area contributed by atoms with Crippen LogP contribution in [0.4, 0.5) is 0 Å². The fraction of sp³-hybridized carbons (Fsp3) is 0.375. The molecule has 0 amide bonds. The predicted molar refractivity (Wildman–Crippen MR) is 82.0 cm³/mol. The average Bonchev–Trinajstić information content (AvgIpc) is 2.95. The van der Waals surface area contributed by atoms with Crippen molar-refractivity contribution in [3.63, 3.8) is 0 Å². The molecule has 0 fully saturated rings. The second-order valence-electron chi connectivity index (χ2n) is 5.76. The molecule has 1 aromatic heterocycles. The number of thiazole rings is 1. The molecule has 0 radical (unpaired) electrons. The number of benzene rings is 1. The molecule has 0 unspecified atom stereocenters. The topological polar surface area (TPSA) is 48.4 Å². The van der Waals surface area contributed by atoms with Gasteiger partial charge in [0.25, 0.3) is 0 Å². The molecule has 0 spiro atoms. The second kappa shape index (κ2) is 4.84. The van der Waals surface area contributed by atoms with E-state index < -0.39 is 0 Å². The molecule has 0 atom stereocenters. The number of rotatable bonds is 2. The molecule has 0 bridgehead atoms. The van der Waals surface area contributed by atoms with Crippen LogP contribution >= 0.6 is 11.3 Å². The highest BCUT2D eigenvalue weighted by Gasteiger charge is 2.32. The highest BCUT2D eigenvalue weighted by molar-refractivity contribution is 7.17. The molecule has 0 saturated heterocycles. The van der Waals surface area contributed by atoms with Crippen molar-refractivity contribution in [1.82, 2.24) is 4.98 Å². The van der Waals surface area contributed by atoms with Crippen molar-refractivity contribution < 1.29 is 14.3 Å². The van der Waals surface area contributed by atoms with E-state index in [1.54, 1.807) is 0 Å². The van der Waals surface area contributed by atoms with Crippen LogP contribution in [0.2, 0.25) is 0 Å². The lowest BCUT2D eigenvalue weighted by atomic mass is 10.0. The number of nitrogens with zero attached hydrogens (tertiary/aromatic N) is 1. The van der Waals surface area contributed by atoms with Gasteiger partial charge in [0.15, 0.2) is 0 Å². The highest BCUT2D eigenvalue weighted by atomic mass is 32.1. The molecule has 0 aliphatic carbocycles. The van der Waals surface area contributed by atoms with Gasteiger partial charge in [-0.1, -0.05) is 12.1 Å². The smallest absolute Gasteiger partial charge is 0.349 e. The molecule has 3 rings (SSSR count). The first-order chi connectivity index (χ1) is 9.91. The van der Waals surface area contributed by atoms with E-state index >= 15 is 0 Å². The number of aryl methyl sites for hydroxylation is 1. The van der Waals surface area contributed by atoms with Crippen molar-refractivity contribution >= 4 is 17.3 Å². The van der Waals surface area contributed by atoms with Crippen LogP contribution in [0.3, 0.4) is 0 Å². The van der Waals surface area contributed by atoms with Gasteiger partial charge in [0.05, 0.1) is 18.4 Å². The lowest BCUT2D eigenvalue weighted by Crippen LogP contribution is -2.24. The summed E-state index contributed by atoms with van der Waals surface area (Å²) in [5.74, 6) is 0.540. The quantitative estimate of drug-likeness (QED) is 0.795. The zero-order chi connectivity index (χ0) is 15.2. The Morgan fingerprint density at radius 2 is 2.19 bits per heavy atom. The van der Waals surface area contributed by atoms with Gasteiger partial charge in [-0.05, 0) is 32.4 Å². The Kier molecular flexibility index (Phi) is 3.24. The van der Waals surface area contributed by atoms with Crippen LogP contribution < -0.4 is 4.74 Å². The SMILES string of the molecule is COC(=O)c1sc(-c2cccc3c2OC(C)(C)C3)nc1C. The molecule has 0 saturated carbocycles. The maximum atomic E-state index is 11.7. The number of hydrogen-bond donors (Lipinski definition) is 0. The molecular weight excluding hydrogens is 286 g/mol. The van der Waals surface area contributed by atoms with E-state index in [0.29, 0.717) is 10.6 Å². The van der Waals surface area contributed by atoms with Crippen molar-refractivity contribution in [3.05, 3.63) is 34.3 Å². The van der Waals surface area contributed by atoms with E-state index in [1.165, 1.54) is 24.0 Å². The van der Waals surface area contributed by atoms with Crippen molar-refractivity contribution in [1.29, 1.82) is 0 Å². The minimum Gasteiger partial charge on any atom is -0.486 e. The van der Waals surface area contributed by atoms with Gasteiger partial charge in [-0.3, -0.25) is 0 Å². The first-order valence-corrected chi connectivity index (χ1v) is 7.60. The number of carbonyl (C=O) groups excluding carboxylic acids is 1. The fourth-order valence-electron chi connectivity index (χ4n) is 2.58. The number of hydrogen-bond acceptors (Lipinski definition) is 5. The maximum absolute atomic E-state index is 11.7. The van der Waals surface area contributed by atoms with Crippen LogP contribution in [-0.2, 0) is 11.2 Å².